The zero-order valence-corrected chi connectivity index (χ0v) is 9.97. The Hall–Kier alpha value is -0.800. The molecule has 0 aromatic carbocycles. The largest absolute Gasteiger partial charge is 0.469 e. The van der Waals surface area contributed by atoms with Crippen molar-refractivity contribution < 1.29 is 9.53 Å². The van der Waals surface area contributed by atoms with E-state index in [0.717, 1.165) is 5.56 Å². The van der Waals surface area contributed by atoms with E-state index in [4.69, 9.17) is 23.2 Å². The second-order valence-corrected chi connectivity index (χ2v) is 3.96. The first kappa shape index (κ1) is 12.3. The van der Waals surface area contributed by atoms with Gasteiger partial charge in [-0.1, -0.05) is 36.2 Å². The number of rotatable bonds is 3. The molecule has 0 radical (unpaired) electrons. The molecule has 1 unspecified atom stereocenters. The highest BCUT2D eigenvalue weighted by molar-refractivity contribution is 6.32. The first-order chi connectivity index (χ1) is 7.04. The summed E-state index contributed by atoms with van der Waals surface area (Å²) in [6.45, 7) is 1.77. The molecule has 0 aliphatic heterocycles. The minimum absolute atomic E-state index is 0.240. The molecule has 1 heterocycles. The third-order valence-corrected chi connectivity index (χ3v) is 2.56. The van der Waals surface area contributed by atoms with Crippen LogP contribution in [0, 0.1) is 5.92 Å². The summed E-state index contributed by atoms with van der Waals surface area (Å²) in [6, 6.07) is 3.41. The van der Waals surface area contributed by atoms with Crippen molar-refractivity contribution in [3.8, 4) is 0 Å². The molecule has 0 fully saturated rings. The number of nitrogens with zero attached hydrogens (tertiary/aromatic N) is 1. The summed E-state index contributed by atoms with van der Waals surface area (Å²) in [5, 5.41) is 0.674. The minimum atomic E-state index is -0.263. The molecule has 3 nitrogen and oxygen atoms in total. The zero-order chi connectivity index (χ0) is 11.4. The summed E-state index contributed by atoms with van der Waals surface area (Å²) < 4.78 is 4.62. The van der Waals surface area contributed by atoms with Crippen molar-refractivity contribution in [1.82, 2.24) is 4.98 Å². The third-order valence-electron chi connectivity index (χ3n) is 2.02. The molecule has 0 amide bonds. The van der Waals surface area contributed by atoms with Gasteiger partial charge in [0, 0.05) is 0 Å². The molecule has 1 aromatic heterocycles. The monoisotopic (exact) mass is 247 g/mol. The van der Waals surface area contributed by atoms with Crippen LogP contribution in [0.15, 0.2) is 12.1 Å². The Bertz CT molecular complexity index is 368. The molecule has 82 valence electrons. The van der Waals surface area contributed by atoms with Gasteiger partial charge in [-0.25, -0.2) is 4.98 Å². The summed E-state index contributed by atoms with van der Waals surface area (Å²) in [7, 11) is 1.36. The van der Waals surface area contributed by atoms with E-state index in [2.05, 4.69) is 9.72 Å². The second-order valence-electron chi connectivity index (χ2n) is 3.21. The van der Waals surface area contributed by atoms with Gasteiger partial charge in [-0.3, -0.25) is 4.79 Å². The number of ether oxygens (including phenoxy) is 1. The second kappa shape index (κ2) is 5.33. The molecule has 0 aliphatic rings. The van der Waals surface area contributed by atoms with Crippen LogP contribution in [0.3, 0.4) is 0 Å². The SMILES string of the molecule is COC(=O)C(C)Cc1ccc(Cl)nc1Cl. The Labute approximate surface area is 98.4 Å². The highest BCUT2D eigenvalue weighted by Gasteiger charge is 2.15. The molecule has 0 spiro atoms. The molecular formula is C10H11Cl2NO2. The lowest BCUT2D eigenvalue weighted by Gasteiger charge is -2.09. The van der Waals surface area contributed by atoms with Crippen LogP contribution in [0.5, 0.6) is 0 Å². The fourth-order valence-electron chi connectivity index (χ4n) is 1.21. The predicted molar refractivity (Wildman–Crippen MR) is 59.1 cm³/mol. The standard InChI is InChI=1S/C10H11Cl2NO2/c1-6(10(14)15-2)5-7-3-4-8(11)13-9(7)12/h3-4,6H,5H2,1-2H3. The average Bonchev–Trinajstić information content (AvgIpc) is 2.20. The van der Waals surface area contributed by atoms with E-state index in [1.54, 1.807) is 19.1 Å². The van der Waals surface area contributed by atoms with Crippen LogP contribution >= 0.6 is 23.2 Å². The number of methoxy groups -OCH3 is 1. The van der Waals surface area contributed by atoms with Crippen LogP contribution < -0.4 is 0 Å². The Kier molecular flexibility index (Phi) is 4.36. The van der Waals surface area contributed by atoms with E-state index in [1.165, 1.54) is 7.11 Å². The fraction of sp³-hybridized carbons (Fsp3) is 0.400. The van der Waals surface area contributed by atoms with Crippen molar-refractivity contribution >= 4 is 29.2 Å². The van der Waals surface area contributed by atoms with Gasteiger partial charge in [0.05, 0.1) is 13.0 Å². The maximum atomic E-state index is 11.2. The van der Waals surface area contributed by atoms with E-state index >= 15 is 0 Å². The van der Waals surface area contributed by atoms with Crippen molar-refractivity contribution in [3.63, 3.8) is 0 Å². The number of pyridine rings is 1. The average molecular weight is 248 g/mol. The molecule has 1 rings (SSSR count). The number of carbonyl (C=O) groups excluding carboxylic acids is 1. The maximum absolute atomic E-state index is 11.2. The molecule has 1 aromatic rings. The zero-order valence-electron chi connectivity index (χ0n) is 8.46. The van der Waals surface area contributed by atoms with Crippen molar-refractivity contribution in [3.05, 3.63) is 28.0 Å². The van der Waals surface area contributed by atoms with E-state index < -0.39 is 0 Å². The molecule has 0 saturated carbocycles. The number of esters is 1. The molecule has 0 bridgehead atoms. The van der Waals surface area contributed by atoms with Gasteiger partial charge in [-0.2, -0.15) is 0 Å². The van der Waals surface area contributed by atoms with Gasteiger partial charge in [0.25, 0.3) is 0 Å². The first-order valence-corrected chi connectivity index (χ1v) is 5.19. The van der Waals surface area contributed by atoms with Gasteiger partial charge in [0.1, 0.15) is 10.3 Å². The van der Waals surface area contributed by atoms with Crippen LogP contribution in [0.4, 0.5) is 0 Å². The topological polar surface area (TPSA) is 39.2 Å². The van der Waals surface area contributed by atoms with Crippen molar-refractivity contribution in [2.24, 2.45) is 5.92 Å². The number of hydrogen-bond acceptors (Lipinski definition) is 3. The van der Waals surface area contributed by atoms with Crippen molar-refractivity contribution in [1.29, 1.82) is 0 Å². The Morgan fingerprint density at radius 3 is 2.73 bits per heavy atom. The summed E-state index contributed by atoms with van der Waals surface area (Å²) in [5.74, 6) is -0.503. The molecule has 0 saturated heterocycles. The highest BCUT2D eigenvalue weighted by Crippen LogP contribution is 2.20. The van der Waals surface area contributed by atoms with Gasteiger partial charge in [-0.15, -0.1) is 0 Å². The summed E-state index contributed by atoms with van der Waals surface area (Å²) in [4.78, 5) is 15.1. The van der Waals surface area contributed by atoms with E-state index in [1.807, 2.05) is 0 Å². The van der Waals surface area contributed by atoms with Crippen LogP contribution in [0.2, 0.25) is 10.3 Å². The highest BCUT2D eigenvalue weighted by atomic mass is 35.5. The Morgan fingerprint density at radius 1 is 1.53 bits per heavy atom. The molecule has 1 atom stereocenters. The van der Waals surface area contributed by atoms with Gasteiger partial charge in [0.15, 0.2) is 0 Å². The lowest BCUT2D eigenvalue weighted by atomic mass is 10.0. The van der Waals surface area contributed by atoms with Crippen LogP contribution in [-0.4, -0.2) is 18.1 Å². The predicted octanol–water partition coefficient (Wildman–Crippen LogP) is 2.74. The summed E-state index contributed by atoms with van der Waals surface area (Å²) in [5.41, 5.74) is 0.791. The van der Waals surface area contributed by atoms with E-state index in [-0.39, 0.29) is 11.9 Å². The van der Waals surface area contributed by atoms with Crippen LogP contribution in [-0.2, 0) is 16.0 Å². The first-order valence-electron chi connectivity index (χ1n) is 4.43. The summed E-state index contributed by atoms with van der Waals surface area (Å²) >= 11 is 11.5. The number of hydrogen-bond donors (Lipinski definition) is 0. The van der Waals surface area contributed by atoms with Gasteiger partial charge >= 0.3 is 5.97 Å². The molecule has 15 heavy (non-hydrogen) atoms. The maximum Gasteiger partial charge on any atom is 0.308 e. The Balaban J connectivity index is 2.76. The smallest absolute Gasteiger partial charge is 0.308 e. The lowest BCUT2D eigenvalue weighted by Crippen LogP contribution is -2.15. The quantitative estimate of drug-likeness (QED) is 0.609. The van der Waals surface area contributed by atoms with Crippen LogP contribution in [0.25, 0.3) is 0 Å². The molecule has 5 heteroatoms. The van der Waals surface area contributed by atoms with Gasteiger partial charge in [-0.05, 0) is 18.1 Å². The number of carbonyl (C=O) groups is 1. The van der Waals surface area contributed by atoms with Gasteiger partial charge in [0.2, 0.25) is 0 Å². The third kappa shape index (κ3) is 3.36. The Morgan fingerprint density at radius 2 is 2.20 bits per heavy atom. The lowest BCUT2D eigenvalue weighted by molar-refractivity contribution is -0.144. The fourth-order valence-corrected chi connectivity index (χ4v) is 1.63. The van der Waals surface area contributed by atoms with Crippen molar-refractivity contribution in [2.45, 2.75) is 13.3 Å². The molecular weight excluding hydrogens is 237 g/mol. The van der Waals surface area contributed by atoms with E-state index in [0.29, 0.717) is 16.7 Å². The van der Waals surface area contributed by atoms with Crippen LogP contribution in [0.1, 0.15) is 12.5 Å². The van der Waals surface area contributed by atoms with Gasteiger partial charge < -0.3 is 4.74 Å². The number of halogens is 2. The van der Waals surface area contributed by atoms with E-state index in [9.17, 15) is 4.79 Å². The van der Waals surface area contributed by atoms with Crippen molar-refractivity contribution in [2.75, 3.05) is 7.11 Å². The summed E-state index contributed by atoms with van der Waals surface area (Å²) in [6.07, 6.45) is 0.496. The normalized spacial score (nSPS) is 12.3. The molecule has 0 aliphatic carbocycles. The molecule has 0 N–H and O–H groups in total. The minimum Gasteiger partial charge on any atom is -0.469 e. The number of aromatic nitrogens is 1.